The van der Waals surface area contributed by atoms with Gasteiger partial charge in [0.25, 0.3) is 5.91 Å². The van der Waals surface area contributed by atoms with Crippen LogP contribution in [0.25, 0.3) is 0 Å². The zero-order valence-electron chi connectivity index (χ0n) is 10.5. The highest BCUT2D eigenvalue weighted by Crippen LogP contribution is 2.19. The van der Waals surface area contributed by atoms with E-state index in [9.17, 15) is 13.6 Å². The van der Waals surface area contributed by atoms with Crippen LogP contribution in [0.5, 0.6) is 0 Å². The number of amides is 1. The summed E-state index contributed by atoms with van der Waals surface area (Å²) < 4.78 is 25.9. The molecule has 2 N–H and O–H groups in total. The Morgan fingerprint density at radius 3 is 2.60 bits per heavy atom. The number of hydrogen-bond donors (Lipinski definition) is 2. The Kier molecular flexibility index (Phi) is 3.20. The van der Waals surface area contributed by atoms with Gasteiger partial charge in [-0.05, 0) is 35.4 Å². The molecular weight excluding hydrogens is 262 g/mol. The molecule has 1 heterocycles. The summed E-state index contributed by atoms with van der Waals surface area (Å²) in [6, 6.07) is 8.70. The van der Waals surface area contributed by atoms with E-state index in [1.54, 1.807) is 6.07 Å². The minimum absolute atomic E-state index is 0.229. The number of nitrogens with one attached hydrogen (secondary N) is 2. The third-order valence-electron chi connectivity index (χ3n) is 3.28. The van der Waals surface area contributed by atoms with E-state index in [1.807, 2.05) is 12.1 Å². The van der Waals surface area contributed by atoms with E-state index in [1.165, 1.54) is 11.6 Å². The third kappa shape index (κ3) is 2.40. The van der Waals surface area contributed by atoms with Crippen molar-refractivity contribution in [3.05, 3.63) is 64.7 Å². The van der Waals surface area contributed by atoms with E-state index in [0.717, 1.165) is 30.8 Å². The Hall–Kier alpha value is -2.27. The van der Waals surface area contributed by atoms with Gasteiger partial charge >= 0.3 is 0 Å². The van der Waals surface area contributed by atoms with Crippen molar-refractivity contribution in [2.24, 2.45) is 0 Å². The smallest absolute Gasteiger partial charge is 0.255 e. The van der Waals surface area contributed by atoms with Gasteiger partial charge < -0.3 is 10.6 Å². The first kappa shape index (κ1) is 12.7. The predicted molar refractivity (Wildman–Crippen MR) is 71.3 cm³/mol. The van der Waals surface area contributed by atoms with Crippen molar-refractivity contribution in [2.75, 3.05) is 5.32 Å². The molecule has 2 aromatic carbocycles. The summed E-state index contributed by atoms with van der Waals surface area (Å²) >= 11 is 0. The first-order valence-corrected chi connectivity index (χ1v) is 6.22. The molecule has 0 spiro atoms. The second kappa shape index (κ2) is 5.02. The minimum Gasteiger partial charge on any atom is -0.322 e. The number of halogens is 2. The molecule has 0 saturated heterocycles. The van der Waals surface area contributed by atoms with Gasteiger partial charge in [-0.25, -0.2) is 8.78 Å². The largest absolute Gasteiger partial charge is 0.322 e. The monoisotopic (exact) mass is 274 g/mol. The molecule has 2 aromatic rings. The molecule has 0 bridgehead atoms. The summed E-state index contributed by atoms with van der Waals surface area (Å²) in [5.74, 6) is -2.27. The van der Waals surface area contributed by atoms with Crippen LogP contribution in [0, 0.1) is 11.6 Å². The number of hydrogen-bond acceptors (Lipinski definition) is 2. The quantitative estimate of drug-likeness (QED) is 0.884. The van der Waals surface area contributed by atoms with E-state index in [-0.39, 0.29) is 11.6 Å². The Morgan fingerprint density at radius 2 is 1.80 bits per heavy atom. The van der Waals surface area contributed by atoms with Crippen LogP contribution < -0.4 is 10.6 Å². The Bertz CT molecular complexity index is 686. The maximum Gasteiger partial charge on any atom is 0.255 e. The van der Waals surface area contributed by atoms with E-state index in [2.05, 4.69) is 10.6 Å². The van der Waals surface area contributed by atoms with Crippen LogP contribution >= 0.6 is 0 Å². The molecule has 0 unspecified atom stereocenters. The van der Waals surface area contributed by atoms with Crippen LogP contribution in [0.1, 0.15) is 21.5 Å². The van der Waals surface area contributed by atoms with Crippen LogP contribution in [0.15, 0.2) is 36.4 Å². The third-order valence-corrected chi connectivity index (χ3v) is 3.28. The van der Waals surface area contributed by atoms with Crippen molar-refractivity contribution in [2.45, 2.75) is 13.1 Å². The van der Waals surface area contributed by atoms with E-state index < -0.39 is 11.6 Å². The summed E-state index contributed by atoms with van der Waals surface area (Å²) in [6.07, 6.45) is 0. The van der Waals surface area contributed by atoms with Gasteiger partial charge in [-0.3, -0.25) is 4.79 Å². The number of carbonyl (C=O) groups excluding carboxylic acids is 1. The zero-order valence-corrected chi connectivity index (χ0v) is 10.5. The van der Waals surface area contributed by atoms with E-state index >= 15 is 0 Å². The molecule has 0 atom stereocenters. The number of benzene rings is 2. The van der Waals surface area contributed by atoms with Crippen LogP contribution in [0.3, 0.4) is 0 Å². The average molecular weight is 274 g/mol. The van der Waals surface area contributed by atoms with Crippen molar-refractivity contribution in [3.63, 3.8) is 0 Å². The second-order valence-electron chi connectivity index (χ2n) is 4.67. The molecule has 5 heteroatoms. The molecule has 1 aliphatic heterocycles. The van der Waals surface area contributed by atoms with Crippen molar-refractivity contribution in [1.29, 1.82) is 0 Å². The SMILES string of the molecule is O=C(Nc1ccc(F)c(F)c1)c1ccc2c(c1)CNC2. The van der Waals surface area contributed by atoms with E-state index in [0.29, 0.717) is 5.56 Å². The number of carbonyl (C=O) groups is 1. The fraction of sp³-hybridized carbons (Fsp3) is 0.133. The lowest BCUT2D eigenvalue weighted by Gasteiger charge is -2.07. The lowest BCUT2D eigenvalue weighted by molar-refractivity contribution is 0.102. The first-order chi connectivity index (χ1) is 9.63. The summed E-state index contributed by atoms with van der Waals surface area (Å²) in [4.78, 5) is 12.1. The lowest BCUT2D eigenvalue weighted by Crippen LogP contribution is -2.12. The Morgan fingerprint density at radius 1 is 1.00 bits per heavy atom. The molecule has 3 rings (SSSR count). The first-order valence-electron chi connectivity index (χ1n) is 6.22. The van der Waals surface area contributed by atoms with Gasteiger partial charge in [0.2, 0.25) is 0 Å². The van der Waals surface area contributed by atoms with Gasteiger partial charge in [-0.15, -0.1) is 0 Å². The van der Waals surface area contributed by atoms with Gasteiger partial charge in [-0.1, -0.05) is 6.07 Å². The molecule has 1 amide bonds. The van der Waals surface area contributed by atoms with Crippen LogP contribution in [0.2, 0.25) is 0 Å². The van der Waals surface area contributed by atoms with Gasteiger partial charge in [0.15, 0.2) is 11.6 Å². The van der Waals surface area contributed by atoms with Gasteiger partial charge in [0, 0.05) is 30.4 Å². The normalized spacial score (nSPS) is 13.1. The summed E-state index contributed by atoms with van der Waals surface area (Å²) in [5.41, 5.74) is 2.99. The molecular formula is C15H12F2N2O. The predicted octanol–water partition coefficient (Wildman–Crippen LogP) is 2.82. The molecule has 0 aromatic heterocycles. The topological polar surface area (TPSA) is 41.1 Å². The van der Waals surface area contributed by atoms with Gasteiger partial charge in [-0.2, -0.15) is 0 Å². The van der Waals surface area contributed by atoms with Crippen LogP contribution in [-0.4, -0.2) is 5.91 Å². The standard InChI is InChI=1S/C15H12F2N2O/c16-13-4-3-12(6-14(13)17)19-15(20)9-1-2-10-7-18-8-11(10)5-9/h1-6,18H,7-8H2,(H,19,20). The molecule has 20 heavy (non-hydrogen) atoms. The Balaban J connectivity index is 1.80. The van der Waals surface area contributed by atoms with Crippen LogP contribution in [0.4, 0.5) is 14.5 Å². The molecule has 0 aliphatic carbocycles. The zero-order chi connectivity index (χ0) is 14.1. The number of rotatable bonds is 2. The Labute approximate surface area is 114 Å². The maximum absolute atomic E-state index is 13.1. The molecule has 102 valence electrons. The summed E-state index contributed by atoms with van der Waals surface area (Å²) in [7, 11) is 0. The highest BCUT2D eigenvalue weighted by Gasteiger charge is 2.14. The maximum atomic E-state index is 13.1. The summed E-state index contributed by atoms with van der Waals surface area (Å²) in [6.45, 7) is 1.54. The minimum atomic E-state index is -0.985. The van der Waals surface area contributed by atoms with Crippen molar-refractivity contribution in [1.82, 2.24) is 5.32 Å². The van der Waals surface area contributed by atoms with Gasteiger partial charge in [0.05, 0.1) is 0 Å². The van der Waals surface area contributed by atoms with Gasteiger partial charge in [0.1, 0.15) is 0 Å². The average Bonchev–Trinajstić information content (AvgIpc) is 2.90. The second-order valence-corrected chi connectivity index (χ2v) is 4.67. The number of anilines is 1. The van der Waals surface area contributed by atoms with Crippen molar-refractivity contribution >= 4 is 11.6 Å². The molecule has 0 fully saturated rings. The van der Waals surface area contributed by atoms with Crippen molar-refractivity contribution in [3.8, 4) is 0 Å². The summed E-state index contributed by atoms with van der Waals surface area (Å²) in [5, 5.41) is 5.75. The fourth-order valence-corrected chi connectivity index (χ4v) is 2.21. The van der Waals surface area contributed by atoms with E-state index in [4.69, 9.17) is 0 Å². The molecule has 0 saturated carbocycles. The number of fused-ring (bicyclic) bond motifs is 1. The highest BCUT2D eigenvalue weighted by molar-refractivity contribution is 6.04. The highest BCUT2D eigenvalue weighted by atomic mass is 19.2. The lowest BCUT2D eigenvalue weighted by atomic mass is 10.1. The molecule has 1 aliphatic rings. The fourth-order valence-electron chi connectivity index (χ4n) is 2.21. The molecule has 0 radical (unpaired) electrons. The molecule has 3 nitrogen and oxygen atoms in total. The van der Waals surface area contributed by atoms with Crippen molar-refractivity contribution < 1.29 is 13.6 Å². The van der Waals surface area contributed by atoms with Crippen LogP contribution in [-0.2, 0) is 13.1 Å².